The lowest BCUT2D eigenvalue weighted by molar-refractivity contribution is 0.486. The average molecular weight is 320 g/mol. The summed E-state index contributed by atoms with van der Waals surface area (Å²) >= 11 is 5.69. The zero-order valence-corrected chi connectivity index (χ0v) is 11.3. The molecule has 0 radical (unpaired) electrons. The minimum Gasteiger partial charge on any atom is -0.399 e. The lowest BCUT2D eigenvalue weighted by Gasteiger charge is -2.10. The number of nitrogen functional groups attached to an aromatic ring is 1. The van der Waals surface area contributed by atoms with Gasteiger partial charge in [-0.2, -0.15) is 0 Å². The van der Waals surface area contributed by atoms with E-state index in [4.69, 9.17) is 17.3 Å². The van der Waals surface area contributed by atoms with Crippen LogP contribution in [0.3, 0.4) is 0 Å². The highest BCUT2D eigenvalue weighted by Crippen LogP contribution is 2.25. The number of sulfonamides is 1. The molecule has 9 heteroatoms. The number of hydrogen-bond acceptors (Lipinski definition) is 4. The van der Waals surface area contributed by atoms with Gasteiger partial charge < -0.3 is 5.73 Å². The summed E-state index contributed by atoms with van der Waals surface area (Å²) in [5.74, 6) is -2.88. The number of anilines is 2. The Bertz CT molecular complexity index is 768. The van der Waals surface area contributed by atoms with Gasteiger partial charge in [-0.25, -0.2) is 22.2 Å². The maximum Gasteiger partial charge on any atom is 0.265 e. The first-order chi connectivity index (χ1) is 9.31. The van der Waals surface area contributed by atoms with Crippen LogP contribution in [-0.2, 0) is 10.0 Å². The maximum atomic E-state index is 13.6. The van der Waals surface area contributed by atoms with Crippen LogP contribution in [-0.4, -0.2) is 13.4 Å². The molecule has 5 nitrogen and oxygen atoms in total. The third kappa shape index (κ3) is 2.81. The third-order valence-electron chi connectivity index (χ3n) is 2.31. The van der Waals surface area contributed by atoms with Crippen molar-refractivity contribution in [2.45, 2.75) is 4.90 Å². The number of nitrogens with two attached hydrogens (primary N) is 1. The molecule has 0 aliphatic carbocycles. The molecule has 1 aromatic heterocycles. The Balaban J connectivity index is 2.49. The van der Waals surface area contributed by atoms with Crippen LogP contribution in [0.25, 0.3) is 0 Å². The average Bonchev–Trinajstić information content (AvgIpc) is 2.36. The molecule has 0 fully saturated rings. The number of halogens is 3. The van der Waals surface area contributed by atoms with Crippen LogP contribution in [0.4, 0.5) is 20.2 Å². The predicted octanol–water partition coefficient (Wildman–Crippen LogP) is 2.40. The summed E-state index contributed by atoms with van der Waals surface area (Å²) in [6, 6.07) is 4.25. The van der Waals surface area contributed by atoms with Crippen LogP contribution in [0.2, 0.25) is 5.15 Å². The third-order valence-corrected chi connectivity index (χ3v) is 3.98. The molecule has 1 aromatic carbocycles. The Labute approximate surface area is 118 Å². The zero-order chi connectivity index (χ0) is 14.9. The number of nitrogens with zero attached hydrogens (tertiary/aromatic N) is 1. The molecule has 106 valence electrons. The predicted molar refractivity (Wildman–Crippen MR) is 70.8 cm³/mol. The van der Waals surface area contributed by atoms with Gasteiger partial charge in [-0.3, -0.25) is 4.72 Å². The van der Waals surface area contributed by atoms with Crippen LogP contribution in [0.1, 0.15) is 0 Å². The van der Waals surface area contributed by atoms with E-state index in [0.717, 1.165) is 6.07 Å². The van der Waals surface area contributed by atoms with Gasteiger partial charge >= 0.3 is 0 Å². The Hall–Kier alpha value is -1.93. The van der Waals surface area contributed by atoms with Gasteiger partial charge in [0, 0.05) is 11.9 Å². The smallest absolute Gasteiger partial charge is 0.265 e. The van der Waals surface area contributed by atoms with Crippen LogP contribution in [0.15, 0.2) is 35.4 Å². The van der Waals surface area contributed by atoms with Gasteiger partial charge in [-0.05, 0) is 24.3 Å². The lowest BCUT2D eigenvalue weighted by Crippen LogP contribution is -2.16. The molecular weight excluding hydrogens is 312 g/mol. The van der Waals surface area contributed by atoms with Crippen LogP contribution in [0, 0.1) is 11.6 Å². The Morgan fingerprint density at radius 1 is 1.30 bits per heavy atom. The van der Waals surface area contributed by atoms with Gasteiger partial charge in [0.05, 0.1) is 5.69 Å². The van der Waals surface area contributed by atoms with Crippen molar-refractivity contribution < 1.29 is 17.2 Å². The molecular formula is C11H8ClF2N3O2S. The van der Waals surface area contributed by atoms with Crippen molar-refractivity contribution in [1.29, 1.82) is 0 Å². The van der Waals surface area contributed by atoms with Gasteiger partial charge in [0.2, 0.25) is 0 Å². The van der Waals surface area contributed by atoms with Gasteiger partial charge in [0.25, 0.3) is 10.0 Å². The number of benzene rings is 1. The standard InChI is InChI=1S/C11H8ClF2N3O2S/c12-11-8(2-1-3-16-11)17-20(18,19)9-5-6(15)4-7(13)10(9)14/h1-5,17H,15H2. The molecule has 1 heterocycles. The van der Waals surface area contributed by atoms with Gasteiger partial charge in [-0.15, -0.1) is 0 Å². The number of pyridine rings is 1. The summed E-state index contributed by atoms with van der Waals surface area (Å²) in [6.07, 6.45) is 1.35. The molecule has 0 unspecified atom stereocenters. The zero-order valence-electron chi connectivity index (χ0n) is 9.77. The maximum absolute atomic E-state index is 13.6. The summed E-state index contributed by atoms with van der Waals surface area (Å²) in [5.41, 5.74) is 5.03. The van der Waals surface area contributed by atoms with E-state index in [1.54, 1.807) is 0 Å². The van der Waals surface area contributed by atoms with Crippen molar-refractivity contribution in [3.05, 3.63) is 47.2 Å². The fourth-order valence-corrected chi connectivity index (χ4v) is 2.85. The van der Waals surface area contributed by atoms with Crippen molar-refractivity contribution in [3.63, 3.8) is 0 Å². The van der Waals surface area contributed by atoms with Crippen molar-refractivity contribution in [1.82, 2.24) is 4.98 Å². The van der Waals surface area contributed by atoms with Crippen LogP contribution >= 0.6 is 11.6 Å². The summed E-state index contributed by atoms with van der Waals surface area (Å²) in [5, 5.41) is -0.124. The number of nitrogens with one attached hydrogen (secondary N) is 1. The first-order valence-electron chi connectivity index (χ1n) is 5.19. The highest BCUT2D eigenvalue weighted by Gasteiger charge is 2.23. The summed E-state index contributed by atoms with van der Waals surface area (Å²) in [6.45, 7) is 0. The number of rotatable bonds is 3. The van der Waals surface area contributed by atoms with Crippen molar-refractivity contribution in [2.75, 3.05) is 10.5 Å². The second kappa shape index (κ2) is 5.22. The number of hydrogen-bond donors (Lipinski definition) is 2. The molecule has 20 heavy (non-hydrogen) atoms. The second-order valence-electron chi connectivity index (χ2n) is 3.76. The van der Waals surface area contributed by atoms with E-state index < -0.39 is 26.6 Å². The van der Waals surface area contributed by atoms with E-state index >= 15 is 0 Å². The molecule has 0 spiro atoms. The lowest BCUT2D eigenvalue weighted by atomic mass is 10.3. The monoisotopic (exact) mass is 319 g/mol. The second-order valence-corrected chi connectivity index (χ2v) is 5.77. The summed E-state index contributed by atoms with van der Waals surface area (Å²) in [4.78, 5) is 2.75. The molecule has 2 rings (SSSR count). The van der Waals surface area contributed by atoms with Gasteiger partial charge in [0.15, 0.2) is 16.8 Å². The van der Waals surface area contributed by atoms with E-state index in [-0.39, 0.29) is 16.5 Å². The highest BCUT2D eigenvalue weighted by atomic mass is 35.5. The van der Waals surface area contributed by atoms with E-state index in [1.165, 1.54) is 18.3 Å². The topological polar surface area (TPSA) is 85.1 Å². The van der Waals surface area contributed by atoms with Gasteiger partial charge in [0.1, 0.15) is 4.90 Å². The molecule has 0 atom stereocenters. The number of aromatic nitrogens is 1. The molecule has 0 saturated carbocycles. The van der Waals surface area contributed by atoms with Crippen LogP contribution < -0.4 is 10.5 Å². The minimum absolute atomic E-state index is 0.0589. The summed E-state index contributed by atoms with van der Waals surface area (Å²) < 4.78 is 52.8. The van der Waals surface area contributed by atoms with E-state index in [9.17, 15) is 17.2 Å². The van der Waals surface area contributed by atoms with Crippen LogP contribution in [0.5, 0.6) is 0 Å². The highest BCUT2D eigenvalue weighted by molar-refractivity contribution is 7.92. The van der Waals surface area contributed by atoms with Crippen molar-refractivity contribution in [2.24, 2.45) is 0 Å². The normalized spacial score (nSPS) is 11.3. The van der Waals surface area contributed by atoms with Gasteiger partial charge in [-0.1, -0.05) is 11.6 Å². The largest absolute Gasteiger partial charge is 0.399 e. The Morgan fingerprint density at radius 3 is 2.65 bits per heavy atom. The molecule has 0 aliphatic heterocycles. The fraction of sp³-hybridized carbons (Fsp3) is 0. The SMILES string of the molecule is Nc1cc(F)c(F)c(S(=O)(=O)Nc2cccnc2Cl)c1. The minimum atomic E-state index is -4.38. The Morgan fingerprint density at radius 2 is 2.00 bits per heavy atom. The van der Waals surface area contributed by atoms with E-state index in [0.29, 0.717) is 6.07 Å². The Kier molecular flexibility index (Phi) is 3.78. The molecule has 0 saturated heterocycles. The quantitative estimate of drug-likeness (QED) is 0.672. The van der Waals surface area contributed by atoms with Crippen molar-refractivity contribution in [3.8, 4) is 0 Å². The molecule has 0 amide bonds. The van der Waals surface area contributed by atoms with Crippen molar-refractivity contribution >= 4 is 33.0 Å². The molecule has 2 aromatic rings. The molecule has 0 bridgehead atoms. The summed E-state index contributed by atoms with van der Waals surface area (Å²) in [7, 11) is -4.38. The first kappa shape index (κ1) is 14.5. The molecule has 0 aliphatic rings. The van der Waals surface area contributed by atoms with E-state index in [1.807, 2.05) is 4.72 Å². The van der Waals surface area contributed by atoms with E-state index in [2.05, 4.69) is 4.98 Å². The molecule has 3 N–H and O–H groups in total. The first-order valence-corrected chi connectivity index (χ1v) is 7.05. The fourth-order valence-electron chi connectivity index (χ4n) is 1.44.